The molecule has 3 heteroatoms. The molecule has 0 aliphatic carbocycles. The molecule has 39 valence electrons. The van der Waals surface area contributed by atoms with Crippen LogP contribution in [-0.2, 0) is 0 Å². The fourth-order valence-electron chi connectivity index (χ4n) is 0.452. The van der Waals surface area contributed by atoms with Crippen molar-refractivity contribution in [2.45, 2.75) is 0 Å². The van der Waals surface area contributed by atoms with Crippen LogP contribution < -0.4 is 5.46 Å². The van der Waals surface area contributed by atoms with E-state index in [9.17, 15) is 0 Å². The molecule has 1 N–H and O–H groups in total. The Labute approximate surface area is 48.5 Å². The van der Waals surface area contributed by atoms with Crippen molar-refractivity contribution in [3.05, 3.63) is 24.5 Å². The summed E-state index contributed by atoms with van der Waals surface area (Å²) in [5.74, 6) is 0. The van der Waals surface area contributed by atoms with Gasteiger partial charge < -0.3 is 5.02 Å². The van der Waals surface area contributed by atoms with Gasteiger partial charge in [0.1, 0.15) is 0 Å². The summed E-state index contributed by atoms with van der Waals surface area (Å²) in [6.45, 7) is 0. The van der Waals surface area contributed by atoms with Gasteiger partial charge in [-0.15, -0.1) is 0 Å². The van der Waals surface area contributed by atoms with E-state index in [0.717, 1.165) is 12.9 Å². The first kappa shape index (κ1) is 5.31. The molecule has 1 rings (SSSR count). The van der Waals surface area contributed by atoms with Gasteiger partial charge in [0.25, 0.3) is 0 Å². The summed E-state index contributed by atoms with van der Waals surface area (Å²) in [7, 11) is 1.02. The SMILES string of the molecule is O[B]c1cccnc1. The Hall–Kier alpha value is -0.825. The Balaban J connectivity index is 2.83. The average molecular weight is 106 g/mol. The Kier molecular flexibility index (Phi) is 1.64. The Morgan fingerprint density at radius 3 is 2.88 bits per heavy atom. The van der Waals surface area contributed by atoms with Crippen molar-refractivity contribution >= 4 is 12.9 Å². The predicted molar refractivity (Wildman–Crippen MR) is 31.8 cm³/mol. The predicted octanol–water partition coefficient (Wildman–Crippen LogP) is -0.682. The monoisotopic (exact) mass is 106 g/mol. The number of rotatable bonds is 1. The van der Waals surface area contributed by atoms with Gasteiger partial charge in [-0.3, -0.25) is 4.98 Å². The van der Waals surface area contributed by atoms with Crippen LogP contribution in [0.15, 0.2) is 24.5 Å². The van der Waals surface area contributed by atoms with E-state index < -0.39 is 0 Å². The summed E-state index contributed by atoms with van der Waals surface area (Å²) in [5.41, 5.74) is 0.729. The summed E-state index contributed by atoms with van der Waals surface area (Å²) in [6, 6.07) is 3.54. The van der Waals surface area contributed by atoms with Crippen molar-refractivity contribution in [3.63, 3.8) is 0 Å². The van der Waals surface area contributed by atoms with Crippen molar-refractivity contribution in [1.29, 1.82) is 0 Å². The lowest BCUT2D eigenvalue weighted by atomic mass is 9.91. The molecule has 0 unspecified atom stereocenters. The smallest absolute Gasteiger partial charge is 0.328 e. The third-order valence-electron chi connectivity index (χ3n) is 0.833. The average Bonchev–Trinajstić information content (AvgIpc) is 1.90. The van der Waals surface area contributed by atoms with Crippen LogP contribution >= 0.6 is 0 Å². The summed E-state index contributed by atoms with van der Waals surface area (Å²) >= 11 is 0. The molecule has 2 nitrogen and oxygen atoms in total. The van der Waals surface area contributed by atoms with Crippen molar-refractivity contribution < 1.29 is 5.02 Å². The van der Waals surface area contributed by atoms with Crippen LogP contribution in [0.5, 0.6) is 0 Å². The van der Waals surface area contributed by atoms with E-state index in [1.807, 2.05) is 0 Å². The normalized spacial score (nSPS) is 8.62. The van der Waals surface area contributed by atoms with Crippen LogP contribution in [0.1, 0.15) is 0 Å². The van der Waals surface area contributed by atoms with E-state index in [0.29, 0.717) is 0 Å². The van der Waals surface area contributed by atoms with Crippen molar-refractivity contribution in [3.8, 4) is 0 Å². The van der Waals surface area contributed by atoms with E-state index in [4.69, 9.17) is 5.02 Å². The topological polar surface area (TPSA) is 33.1 Å². The fraction of sp³-hybridized carbons (Fsp3) is 0. The van der Waals surface area contributed by atoms with Gasteiger partial charge in [0.15, 0.2) is 0 Å². The number of pyridine rings is 1. The fourth-order valence-corrected chi connectivity index (χ4v) is 0.452. The lowest BCUT2D eigenvalue weighted by Gasteiger charge is -1.86. The zero-order valence-electron chi connectivity index (χ0n) is 4.28. The molecule has 0 fully saturated rings. The number of aromatic nitrogens is 1. The van der Waals surface area contributed by atoms with Crippen LogP contribution in [-0.4, -0.2) is 17.5 Å². The van der Waals surface area contributed by atoms with Gasteiger partial charge in [0.2, 0.25) is 0 Å². The number of hydrogen-bond donors (Lipinski definition) is 1. The van der Waals surface area contributed by atoms with Gasteiger partial charge in [-0.05, 0) is 11.5 Å². The minimum atomic E-state index is 0.729. The van der Waals surface area contributed by atoms with Gasteiger partial charge in [0.05, 0.1) is 0 Å². The molecule has 0 aliphatic rings. The van der Waals surface area contributed by atoms with Crippen LogP contribution in [0.4, 0.5) is 0 Å². The third-order valence-corrected chi connectivity index (χ3v) is 0.833. The molecular weight excluding hydrogens is 101 g/mol. The highest BCUT2D eigenvalue weighted by Crippen LogP contribution is 1.72. The maximum atomic E-state index is 8.37. The summed E-state index contributed by atoms with van der Waals surface area (Å²) in [5, 5.41) is 8.37. The van der Waals surface area contributed by atoms with Crippen molar-refractivity contribution in [2.24, 2.45) is 0 Å². The molecule has 0 atom stereocenters. The highest BCUT2D eigenvalue weighted by atomic mass is 16.2. The Bertz CT molecular complexity index is 154. The summed E-state index contributed by atoms with van der Waals surface area (Å²) < 4.78 is 0. The summed E-state index contributed by atoms with van der Waals surface area (Å²) in [4.78, 5) is 3.76. The molecule has 1 radical (unpaired) electrons. The molecule has 0 aliphatic heterocycles. The second-order valence-corrected chi connectivity index (χ2v) is 1.42. The van der Waals surface area contributed by atoms with Crippen LogP contribution in [0.3, 0.4) is 0 Å². The molecule has 8 heavy (non-hydrogen) atoms. The van der Waals surface area contributed by atoms with E-state index in [1.54, 1.807) is 24.5 Å². The Morgan fingerprint density at radius 2 is 2.50 bits per heavy atom. The van der Waals surface area contributed by atoms with E-state index in [1.165, 1.54) is 0 Å². The zero-order chi connectivity index (χ0) is 5.82. The standard InChI is InChI=1S/C5H5BNO/c8-6-5-2-1-3-7-4-5/h1-4,8H. The van der Waals surface area contributed by atoms with E-state index in [-0.39, 0.29) is 0 Å². The highest BCUT2D eigenvalue weighted by Gasteiger charge is 1.86. The maximum Gasteiger partial charge on any atom is 0.328 e. The molecule has 1 aromatic rings. The second-order valence-electron chi connectivity index (χ2n) is 1.42. The molecular formula is C5H5BNO. The van der Waals surface area contributed by atoms with Crippen LogP contribution in [0.25, 0.3) is 0 Å². The van der Waals surface area contributed by atoms with Gasteiger partial charge in [-0.2, -0.15) is 0 Å². The Morgan fingerprint density at radius 1 is 1.62 bits per heavy atom. The van der Waals surface area contributed by atoms with Gasteiger partial charge in [-0.1, -0.05) is 6.07 Å². The quantitative estimate of drug-likeness (QED) is 0.481. The highest BCUT2D eigenvalue weighted by molar-refractivity contribution is 6.45. The number of nitrogens with zero attached hydrogens (tertiary/aromatic N) is 1. The van der Waals surface area contributed by atoms with E-state index >= 15 is 0 Å². The first-order valence-corrected chi connectivity index (χ1v) is 2.31. The van der Waals surface area contributed by atoms with E-state index in [2.05, 4.69) is 4.98 Å². The minimum absolute atomic E-state index is 0.729. The molecule has 0 spiro atoms. The minimum Gasteiger partial charge on any atom is -0.450 e. The first-order chi connectivity index (χ1) is 3.93. The number of hydrogen-bond acceptors (Lipinski definition) is 2. The van der Waals surface area contributed by atoms with Gasteiger partial charge >= 0.3 is 7.48 Å². The largest absolute Gasteiger partial charge is 0.450 e. The molecule has 0 saturated carbocycles. The van der Waals surface area contributed by atoms with Gasteiger partial charge in [0, 0.05) is 12.4 Å². The van der Waals surface area contributed by atoms with Crippen molar-refractivity contribution in [2.75, 3.05) is 0 Å². The molecule has 0 amide bonds. The summed E-state index contributed by atoms with van der Waals surface area (Å²) in [6.07, 6.45) is 3.24. The molecule has 0 saturated heterocycles. The van der Waals surface area contributed by atoms with Crippen LogP contribution in [0, 0.1) is 0 Å². The third kappa shape index (κ3) is 1.07. The molecule has 1 heterocycles. The molecule has 0 bridgehead atoms. The maximum absolute atomic E-state index is 8.37. The molecule has 0 aromatic carbocycles. The first-order valence-electron chi connectivity index (χ1n) is 2.31. The second kappa shape index (κ2) is 2.47. The van der Waals surface area contributed by atoms with Crippen molar-refractivity contribution in [1.82, 2.24) is 4.98 Å². The lowest BCUT2D eigenvalue weighted by Crippen LogP contribution is -2.12. The van der Waals surface area contributed by atoms with Gasteiger partial charge in [-0.25, -0.2) is 0 Å². The molecule has 1 aromatic heterocycles. The lowest BCUT2D eigenvalue weighted by molar-refractivity contribution is 0.615. The van der Waals surface area contributed by atoms with Crippen LogP contribution in [0.2, 0.25) is 0 Å². The zero-order valence-corrected chi connectivity index (χ0v) is 4.28.